The molecule has 2 amide bonds. The van der Waals surface area contributed by atoms with E-state index in [2.05, 4.69) is 10.6 Å². The van der Waals surface area contributed by atoms with Crippen LogP contribution in [0.15, 0.2) is 42.0 Å². The van der Waals surface area contributed by atoms with Gasteiger partial charge in [-0.1, -0.05) is 23.8 Å². The Morgan fingerprint density at radius 2 is 2.05 bits per heavy atom. The summed E-state index contributed by atoms with van der Waals surface area (Å²) in [7, 11) is 0. The van der Waals surface area contributed by atoms with Gasteiger partial charge in [0.2, 0.25) is 11.8 Å². The predicted octanol–water partition coefficient (Wildman–Crippen LogP) is 2.21. The second-order valence-corrected chi connectivity index (χ2v) is 5.71. The number of anilines is 1. The first kappa shape index (κ1) is 12.4. The zero-order valence-corrected chi connectivity index (χ0v) is 11.7. The summed E-state index contributed by atoms with van der Waals surface area (Å²) in [5.74, 6) is -0.0911. The van der Waals surface area contributed by atoms with E-state index in [1.807, 2.05) is 24.3 Å². The molecule has 2 aliphatic heterocycles. The Bertz CT molecular complexity index is 790. The lowest BCUT2D eigenvalue weighted by Crippen LogP contribution is -2.27. The molecule has 0 saturated heterocycles. The van der Waals surface area contributed by atoms with E-state index in [0.29, 0.717) is 11.4 Å². The molecule has 0 fully saturated rings. The van der Waals surface area contributed by atoms with Crippen molar-refractivity contribution in [2.45, 2.75) is 12.5 Å². The number of carbonyl (C=O) groups is 2. The van der Waals surface area contributed by atoms with Gasteiger partial charge in [-0.3, -0.25) is 9.59 Å². The molecule has 1 unspecified atom stereocenters. The lowest BCUT2D eigenvalue weighted by Gasteiger charge is -2.17. The van der Waals surface area contributed by atoms with E-state index < -0.39 is 0 Å². The van der Waals surface area contributed by atoms with E-state index in [4.69, 9.17) is 11.6 Å². The Morgan fingerprint density at radius 3 is 2.90 bits per heavy atom. The lowest BCUT2D eigenvalue weighted by atomic mass is 9.93. The van der Waals surface area contributed by atoms with Crippen LogP contribution in [-0.2, 0) is 16.0 Å². The van der Waals surface area contributed by atoms with E-state index >= 15 is 0 Å². The molecule has 0 bridgehead atoms. The fourth-order valence-corrected chi connectivity index (χ4v) is 3.15. The van der Waals surface area contributed by atoms with Gasteiger partial charge in [0.25, 0.3) is 0 Å². The molecule has 104 valence electrons. The van der Waals surface area contributed by atoms with Crippen molar-refractivity contribution in [2.24, 2.45) is 0 Å². The van der Waals surface area contributed by atoms with Crippen LogP contribution in [0.2, 0.25) is 5.02 Å². The summed E-state index contributed by atoms with van der Waals surface area (Å²) < 4.78 is 0. The highest BCUT2D eigenvalue weighted by Crippen LogP contribution is 2.36. The van der Waals surface area contributed by atoms with Crippen LogP contribution in [0.5, 0.6) is 0 Å². The lowest BCUT2D eigenvalue weighted by molar-refractivity contribution is -0.116. The van der Waals surface area contributed by atoms with Gasteiger partial charge in [0, 0.05) is 17.3 Å². The summed E-state index contributed by atoms with van der Waals surface area (Å²) in [5.41, 5.74) is 4.52. The minimum absolute atomic E-state index is 0.0142. The minimum Gasteiger partial charge on any atom is -0.342 e. The molecule has 1 aliphatic carbocycles. The molecule has 0 saturated carbocycles. The second-order valence-electron chi connectivity index (χ2n) is 5.30. The van der Waals surface area contributed by atoms with Gasteiger partial charge in [0.05, 0.1) is 17.5 Å². The third kappa shape index (κ3) is 1.99. The van der Waals surface area contributed by atoms with Crippen molar-refractivity contribution in [2.75, 3.05) is 5.32 Å². The molecule has 3 aliphatic rings. The number of amides is 2. The van der Waals surface area contributed by atoms with Gasteiger partial charge in [-0.2, -0.15) is 0 Å². The smallest absolute Gasteiger partial charge is 0.245 e. The summed E-state index contributed by atoms with van der Waals surface area (Å²) in [4.78, 5) is 22.8. The van der Waals surface area contributed by atoms with Crippen LogP contribution in [0.3, 0.4) is 0 Å². The number of fused-ring (bicyclic) bond motifs is 2. The summed E-state index contributed by atoms with van der Waals surface area (Å²) in [6.07, 6.45) is 7.82. The number of rotatable bonds is 1. The van der Waals surface area contributed by atoms with Crippen molar-refractivity contribution >= 4 is 34.7 Å². The topological polar surface area (TPSA) is 58.2 Å². The van der Waals surface area contributed by atoms with Crippen LogP contribution in [0.25, 0.3) is 5.57 Å². The standard InChI is InChI=1S/C16H11ClN2O2/c17-12-7-14-10(6-16(21)19-14)3-11(12)8-1-2-9-5-15(20)18-13(9)4-8/h1-5,7,13H,6H2,(H,18,20)(H,19,21). The molecule has 4 nitrogen and oxygen atoms in total. The molecular weight excluding hydrogens is 288 g/mol. The molecule has 0 aromatic heterocycles. The van der Waals surface area contributed by atoms with Crippen LogP contribution in [0.1, 0.15) is 11.1 Å². The Hall–Kier alpha value is -2.33. The SMILES string of the molecule is O=C1C=C2C=CC(c3cc4c(cc3Cl)NC(=O)C4)=CC2N1. The summed E-state index contributed by atoms with van der Waals surface area (Å²) in [6.45, 7) is 0. The fraction of sp³-hybridized carbons (Fsp3) is 0.125. The maximum atomic E-state index is 11.4. The average molecular weight is 299 g/mol. The first-order valence-corrected chi connectivity index (χ1v) is 7.02. The molecule has 21 heavy (non-hydrogen) atoms. The van der Waals surface area contributed by atoms with Gasteiger partial charge < -0.3 is 10.6 Å². The van der Waals surface area contributed by atoms with Gasteiger partial charge in [-0.25, -0.2) is 0 Å². The molecular formula is C16H11ClN2O2. The van der Waals surface area contributed by atoms with E-state index in [0.717, 1.165) is 28.0 Å². The van der Waals surface area contributed by atoms with Gasteiger partial charge in [0.15, 0.2) is 0 Å². The predicted molar refractivity (Wildman–Crippen MR) is 80.9 cm³/mol. The Morgan fingerprint density at radius 1 is 1.19 bits per heavy atom. The van der Waals surface area contributed by atoms with Crippen molar-refractivity contribution in [3.63, 3.8) is 0 Å². The van der Waals surface area contributed by atoms with Gasteiger partial charge >= 0.3 is 0 Å². The minimum atomic E-state index is -0.0958. The van der Waals surface area contributed by atoms with Crippen molar-refractivity contribution in [1.82, 2.24) is 5.32 Å². The number of halogens is 1. The number of carbonyl (C=O) groups excluding carboxylic acids is 2. The Balaban J connectivity index is 1.76. The monoisotopic (exact) mass is 298 g/mol. The molecule has 2 N–H and O–H groups in total. The van der Waals surface area contributed by atoms with Crippen LogP contribution < -0.4 is 10.6 Å². The zero-order valence-electron chi connectivity index (χ0n) is 10.9. The molecule has 0 radical (unpaired) electrons. The second kappa shape index (κ2) is 4.33. The van der Waals surface area contributed by atoms with E-state index in [1.165, 1.54) is 0 Å². The number of nitrogens with one attached hydrogen (secondary N) is 2. The maximum absolute atomic E-state index is 11.4. The average Bonchev–Trinajstić information content (AvgIpc) is 2.97. The summed E-state index contributed by atoms with van der Waals surface area (Å²) in [5, 5.41) is 6.24. The molecule has 5 heteroatoms. The van der Waals surface area contributed by atoms with Crippen molar-refractivity contribution in [3.05, 3.63) is 58.2 Å². The number of allylic oxidation sites excluding steroid dienone is 2. The quantitative estimate of drug-likeness (QED) is 0.835. The van der Waals surface area contributed by atoms with Gasteiger partial charge in [0.1, 0.15) is 0 Å². The van der Waals surface area contributed by atoms with E-state index in [1.54, 1.807) is 12.1 Å². The molecule has 1 aromatic carbocycles. The maximum Gasteiger partial charge on any atom is 0.245 e. The number of hydrogen-bond donors (Lipinski definition) is 2. The zero-order chi connectivity index (χ0) is 14.6. The first-order chi connectivity index (χ1) is 10.1. The largest absolute Gasteiger partial charge is 0.342 e. The number of benzene rings is 1. The van der Waals surface area contributed by atoms with Crippen LogP contribution in [0.4, 0.5) is 5.69 Å². The van der Waals surface area contributed by atoms with E-state index in [9.17, 15) is 9.59 Å². The first-order valence-electron chi connectivity index (χ1n) is 6.65. The van der Waals surface area contributed by atoms with Crippen LogP contribution in [-0.4, -0.2) is 17.9 Å². The van der Waals surface area contributed by atoms with Crippen molar-refractivity contribution in [1.29, 1.82) is 0 Å². The van der Waals surface area contributed by atoms with Gasteiger partial charge in [-0.05, 0) is 34.9 Å². The van der Waals surface area contributed by atoms with Crippen molar-refractivity contribution in [3.8, 4) is 0 Å². The Labute approximate surface area is 126 Å². The fourth-order valence-electron chi connectivity index (χ4n) is 2.88. The number of hydrogen-bond acceptors (Lipinski definition) is 2. The highest BCUT2D eigenvalue weighted by molar-refractivity contribution is 6.33. The Kier molecular flexibility index (Phi) is 2.56. The summed E-state index contributed by atoms with van der Waals surface area (Å²) in [6, 6.07) is 3.63. The third-order valence-corrected chi connectivity index (χ3v) is 4.20. The van der Waals surface area contributed by atoms with Gasteiger partial charge in [-0.15, -0.1) is 0 Å². The molecule has 1 atom stereocenters. The van der Waals surface area contributed by atoms with Crippen LogP contribution in [0, 0.1) is 0 Å². The highest BCUT2D eigenvalue weighted by Gasteiger charge is 2.25. The molecule has 4 rings (SSSR count). The molecule has 1 aromatic rings. The summed E-state index contributed by atoms with van der Waals surface area (Å²) >= 11 is 6.33. The van der Waals surface area contributed by atoms with E-state index in [-0.39, 0.29) is 17.9 Å². The normalized spacial score (nSPS) is 22.2. The molecule has 2 heterocycles. The molecule has 0 spiro atoms. The van der Waals surface area contributed by atoms with Crippen LogP contribution >= 0.6 is 11.6 Å². The van der Waals surface area contributed by atoms with Crippen molar-refractivity contribution < 1.29 is 9.59 Å². The third-order valence-electron chi connectivity index (χ3n) is 3.89. The highest BCUT2D eigenvalue weighted by atomic mass is 35.5.